The highest BCUT2D eigenvalue weighted by atomic mass is 15.3. The zero-order chi connectivity index (χ0) is 12.1. The van der Waals surface area contributed by atoms with Gasteiger partial charge in [0.1, 0.15) is 12.1 Å². The van der Waals surface area contributed by atoms with E-state index >= 15 is 0 Å². The molecule has 6 heteroatoms. The topological polar surface area (TPSA) is 81.7 Å². The molecular formula is C11H18N6. The van der Waals surface area contributed by atoms with Gasteiger partial charge in [-0.05, 0) is 26.3 Å². The Balaban J connectivity index is 2.14. The van der Waals surface area contributed by atoms with E-state index in [-0.39, 0.29) is 0 Å². The third-order valence-electron chi connectivity index (χ3n) is 2.66. The van der Waals surface area contributed by atoms with E-state index in [9.17, 15) is 0 Å². The maximum absolute atomic E-state index is 5.45. The molecule has 0 spiro atoms. The summed E-state index contributed by atoms with van der Waals surface area (Å²) in [5.41, 5.74) is 6.33. The summed E-state index contributed by atoms with van der Waals surface area (Å²) >= 11 is 0. The fraction of sp³-hybridized carbons (Fsp3) is 0.545. The zero-order valence-electron chi connectivity index (χ0n) is 10.1. The van der Waals surface area contributed by atoms with E-state index in [0.29, 0.717) is 0 Å². The van der Waals surface area contributed by atoms with Gasteiger partial charge in [0.25, 0.3) is 0 Å². The molecule has 0 aliphatic rings. The van der Waals surface area contributed by atoms with Crippen molar-refractivity contribution < 1.29 is 0 Å². The number of nitrogens with zero attached hydrogens (tertiary/aromatic N) is 4. The molecule has 0 unspecified atom stereocenters. The van der Waals surface area contributed by atoms with Crippen molar-refractivity contribution in [3.63, 3.8) is 0 Å². The van der Waals surface area contributed by atoms with Crippen LogP contribution in [-0.4, -0.2) is 32.8 Å². The number of aryl methyl sites for hydroxylation is 1. The molecule has 92 valence electrons. The maximum atomic E-state index is 5.45. The fourth-order valence-corrected chi connectivity index (χ4v) is 1.74. The van der Waals surface area contributed by atoms with Crippen LogP contribution in [-0.2, 0) is 6.54 Å². The highest BCUT2D eigenvalue weighted by molar-refractivity contribution is 5.85. The molecule has 2 aromatic heterocycles. The second-order valence-electron chi connectivity index (χ2n) is 3.84. The Morgan fingerprint density at radius 2 is 2.24 bits per heavy atom. The molecule has 2 aromatic rings. The minimum absolute atomic E-state index is 0.731. The predicted octanol–water partition coefficient (Wildman–Crippen LogP) is 0.997. The van der Waals surface area contributed by atoms with Crippen LogP contribution in [0.2, 0.25) is 0 Å². The summed E-state index contributed by atoms with van der Waals surface area (Å²) in [7, 11) is 0. The number of hydrogen-bond acceptors (Lipinski definition) is 5. The first-order valence-corrected chi connectivity index (χ1v) is 5.97. The monoisotopic (exact) mass is 234 g/mol. The van der Waals surface area contributed by atoms with Crippen LogP contribution < -0.4 is 11.1 Å². The zero-order valence-corrected chi connectivity index (χ0v) is 10.1. The minimum Gasteiger partial charge on any atom is -0.369 e. The van der Waals surface area contributed by atoms with Crippen LogP contribution in [0.1, 0.15) is 19.8 Å². The number of unbranched alkanes of at least 4 members (excludes halogenated alkanes) is 1. The first-order valence-electron chi connectivity index (χ1n) is 5.97. The van der Waals surface area contributed by atoms with E-state index in [2.05, 4.69) is 20.4 Å². The summed E-state index contributed by atoms with van der Waals surface area (Å²) < 4.78 is 1.86. The largest absolute Gasteiger partial charge is 0.369 e. The molecule has 0 aromatic carbocycles. The summed E-state index contributed by atoms with van der Waals surface area (Å²) in [6, 6.07) is 0. The van der Waals surface area contributed by atoms with E-state index in [1.807, 2.05) is 17.8 Å². The van der Waals surface area contributed by atoms with Crippen LogP contribution in [0.5, 0.6) is 0 Å². The van der Waals surface area contributed by atoms with Gasteiger partial charge in [0.2, 0.25) is 0 Å². The first kappa shape index (κ1) is 11.8. The average molecular weight is 234 g/mol. The molecule has 0 saturated carbocycles. The Bertz CT molecular complexity index is 478. The quantitative estimate of drug-likeness (QED) is 0.729. The number of rotatable bonds is 6. The van der Waals surface area contributed by atoms with Gasteiger partial charge >= 0.3 is 0 Å². The molecule has 2 rings (SSSR count). The number of nitrogens with two attached hydrogens (primary N) is 1. The van der Waals surface area contributed by atoms with Gasteiger partial charge in [-0.2, -0.15) is 5.10 Å². The van der Waals surface area contributed by atoms with Gasteiger partial charge in [0, 0.05) is 13.1 Å². The Morgan fingerprint density at radius 3 is 3.00 bits per heavy atom. The highest BCUT2D eigenvalue weighted by Crippen LogP contribution is 2.18. The van der Waals surface area contributed by atoms with Crippen LogP contribution >= 0.6 is 0 Å². The standard InChI is InChI=1S/C11H18N6/c1-2-17-11-9(7-16-17)10(14-8-15-11)13-6-4-3-5-12/h7-8H,2-6,12H2,1H3,(H,13,14,15). The van der Waals surface area contributed by atoms with Crippen molar-refractivity contribution in [2.45, 2.75) is 26.3 Å². The van der Waals surface area contributed by atoms with Gasteiger partial charge in [0.15, 0.2) is 5.65 Å². The van der Waals surface area contributed by atoms with E-state index in [1.54, 1.807) is 6.33 Å². The van der Waals surface area contributed by atoms with E-state index < -0.39 is 0 Å². The SMILES string of the molecule is CCn1ncc2c(NCCCCN)ncnc21. The maximum Gasteiger partial charge on any atom is 0.163 e. The summed E-state index contributed by atoms with van der Waals surface area (Å²) in [4.78, 5) is 8.49. The lowest BCUT2D eigenvalue weighted by atomic mass is 10.3. The molecular weight excluding hydrogens is 216 g/mol. The summed E-state index contributed by atoms with van der Waals surface area (Å²) in [5.74, 6) is 0.853. The van der Waals surface area contributed by atoms with E-state index in [0.717, 1.165) is 49.3 Å². The van der Waals surface area contributed by atoms with Crippen molar-refractivity contribution in [3.05, 3.63) is 12.5 Å². The number of anilines is 1. The Kier molecular flexibility index (Phi) is 3.87. The second kappa shape index (κ2) is 5.58. The van der Waals surface area contributed by atoms with Crippen molar-refractivity contribution in [2.75, 3.05) is 18.4 Å². The Hall–Kier alpha value is -1.69. The minimum atomic E-state index is 0.731. The number of hydrogen-bond donors (Lipinski definition) is 2. The van der Waals surface area contributed by atoms with Gasteiger partial charge in [-0.1, -0.05) is 0 Å². The van der Waals surface area contributed by atoms with Crippen LogP contribution in [0.3, 0.4) is 0 Å². The molecule has 0 atom stereocenters. The van der Waals surface area contributed by atoms with Gasteiger partial charge in [-0.15, -0.1) is 0 Å². The Labute approximate surface area is 100 Å². The van der Waals surface area contributed by atoms with Crippen LogP contribution in [0, 0.1) is 0 Å². The molecule has 0 bridgehead atoms. The van der Waals surface area contributed by atoms with Gasteiger partial charge in [-0.25, -0.2) is 14.6 Å². The van der Waals surface area contributed by atoms with Gasteiger partial charge in [-0.3, -0.25) is 0 Å². The summed E-state index contributed by atoms with van der Waals surface area (Å²) in [6.07, 6.45) is 5.45. The molecule has 3 N–H and O–H groups in total. The molecule has 0 fully saturated rings. The second-order valence-corrected chi connectivity index (χ2v) is 3.84. The molecule has 0 amide bonds. The van der Waals surface area contributed by atoms with Gasteiger partial charge in [0.05, 0.1) is 11.6 Å². The Morgan fingerprint density at radius 1 is 1.35 bits per heavy atom. The molecule has 6 nitrogen and oxygen atoms in total. The van der Waals surface area contributed by atoms with Gasteiger partial charge < -0.3 is 11.1 Å². The van der Waals surface area contributed by atoms with Crippen molar-refractivity contribution in [3.8, 4) is 0 Å². The van der Waals surface area contributed by atoms with Crippen LogP contribution in [0.25, 0.3) is 11.0 Å². The number of nitrogens with one attached hydrogen (secondary N) is 1. The average Bonchev–Trinajstić information content (AvgIpc) is 2.78. The third-order valence-corrected chi connectivity index (χ3v) is 2.66. The molecule has 2 heterocycles. The third kappa shape index (κ3) is 2.52. The van der Waals surface area contributed by atoms with E-state index in [4.69, 9.17) is 5.73 Å². The molecule has 0 aliphatic carbocycles. The number of fused-ring (bicyclic) bond motifs is 1. The summed E-state index contributed by atoms with van der Waals surface area (Å²) in [5, 5.41) is 8.55. The predicted molar refractivity (Wildman–Crippen MR) is 67.8 cm³/mol. The molecule has 0 saturated heterocycles. The molecule has 0 aliphatic heterocycles. The lowest BCUT2D eigenvalue weighted by Gasteiger charge is -2.05. The lowest BCUT2D eigenvalue weighted by molar-refractivity contribution is 0.676. The fourth-order valence-electron chi connectivity index (χ4n) is 1.74. The smallest absolute Gasteiger partial charge is 0.163 e. The molecule has 0 radical (unpaired) electrons. The van der Waals surface area contributed by atoms with Crippen LogP contribution in [0.4, 0.5) is 5.82 Å². The molecule has 17 heavy (non-hydrogen) atoms. The number of aromatic nitrogens is 4. The van der Waals surface area contributed by atoms with E-state index in [1.165, 1.54) is 0 Å². The lowest BCUT2D eigenvalue weighted by Crippen LogP contribution is -2.07. The first-order chi connectivity index (χ1) is 8.36. The van der Waals surface area contributed by atoms with Crippen molar-refractivity contribution in [1.29, 1.82) is 0 Å². The van der Waals surface area contributed by atoms with Crippen molar-refractivity contribution >= 4 is 16.9 Å². The summed E-state index contributed by atoms with van der Waals surface area (Å²) in [6.45, 7) is 4.46. The van der Waals surface area contributed by atoms with Crippen molar-refractivity contribution in [1.82, 2.24) is 19.7 Å². The normalized spacial score (nSPS) is 10.9. The highest BCUT2D eigenvalue weighted by Gasteiger charge is 2.07. The van der Waals surface area contributed by atoms with Crippen molar-refractivity contribution in [2.24, 2.45) is 5.73 Å². The van der Waals surface area contributed by atoms with Crippen LogP contribution in [0.15, 0.2) is 12.5 Å².